The molecule has 2 nitrogen and oxygen atoms in total. The van der Waals surface area contributed by atoms with Gasteiger partial charge in [-0.25, -0.2) is 4.79 Å². The Labute approximate surface area is 82.3 Å². The van der Waals surface area contributed by atoms with Crippen LogP contribution in [0.25, 0.3) is 0 Å². The maximum absolute atomic E-state index is 10.4. The van der Waals surface area contributed by atoms with Gasteiger partial charge in [0.1, 0.15) is 0 Å². The van der Waals surface area contributed by atoms with E-state index in [2.05, 4.69) is 0 Å². The van der Waals surface area contributed by atoms with Crippen LogP contribution in [-0.2, 0) is 0 Å². The second-order valence-corrected chi connectivity index (χ2v) is 3.65. The van der Waals surface area contributed by atoms with Crippen molar-refractivity contribution < 1.29 is 9.90 Å². The van der Waals surface area contributed by atoms with Crippen molar-refractivity contribution in [1.82, 2.24) is 0 Å². The van der Waals surface area contributed by atoms with Crippen LogP contribution in [0.5, 0.6) is 0 Å². The largest absolute Gasteiger partial charge is 0.478 e. The highest BCUT2D eigenvalue weighted by Crippen LogP contribution is 2.16. The van der Waals surface area contributed by atoms with Crippen LogP contribution in [0.1, 0.15) is 10.4 Å². The molecule has 0 amide bonds. The van der Waals surface area contributed by atoms with E-state index in [9.17, 15) is 4.79 Å². The van der Waals surface area contributed by atoms with Crippen molar-refractivity contribution in [3.63, 3.8) is 0 Å². The number of benzene rings is 1. The smallest absolute Gasteiger partial charge is 0.335 e. The minimum atomic E-state index is -0.953. The summed E-state index contributed by atoms with van der Waals surface area (Å²) in [7, 11) is 0. The van der Waals surface area contributed by atoms with Crippen LogP contribution >= 0.6 is 34.2 Å². The number of carboxylic acid groups (broad SMARTS) is 1. The van der Waals surface area contributed by atoms with Gasteiger partial charge in [-0.15, -0.1) is 0 Å². The summed E-state index contributed by atoms with van der Waals surface area (Å²) in [4.78, 5) is 10.4. The van der Waals surface area contributed by atoms with Gasteiger partial charge in [0.15, 0.2) is 0 Å². The van der Waals surface area contributed by atoms with E-state index in [4.69, 9.17) is 16.7 Å². The summed E-state index contributed by atoms with van der Waals surface area (Å²) in [5.41, 5.74) is 0.224. The van der Waals surface area contributed by atoms with Crippen LogP contribution in [0, 0.1) is 3.57 Å². The van der Waals surface area contributed by atoms with Gasteiger partial charge >= 0.3 is 5.97 Å². The molecule has 1 aromatic rings. The van der Waals surface area contributed by atoms with E-state index in [1.165, 1.54) is 6.07 Å². The Morgan fingerprint density at radius 1 is 1.45 bits per heavy atom. The molecule has 0 saturated heterocycles. The predicted molar refractivity (Wildman–Crippen MR) is 51.1 cm³/mol. The first-order chi connectivity index (χ1) is 5.09. The van der Waals surface area contributed by atoms with Crippen LogP contribution in [0.3, 0.4) is 0 Å². The second-order valence-electron chi connectivity index (χ2n) is 1.96. The van der Waals surface area contributed by atoms with E-state index < -0.39 is 5.97 Å². The van der Waals surface area contributed by atoms with Gasteiger partial charge < -0.3 is 5.11 Å². The molecule has 0 saturated carbocycles. The molecule has 0 aliphatic carbocycles. The van der Waals surface area contributed by atoms with Gasteiger partial charge in [0.05, 0.1) is 5.56 Å². The lowest BCUT2D eigenvalue weighted by Crippen LogP contribution is -1.95. The van der Waals surface area contributed by atoms with Crippen LogP contribution in [-0.4, -0.2) is 11.1 Å². The summed E-state index contributed by atoms with van der Waals surface area (Å²) in [6.45, 7) is 0. The van der Waals surface area contributed by atoms with Crippen LogP contribution in [0.4, 0.5) is 0 Å². The molecule has 0 spiro atoms. The van der Waals surface area contributed by atoms with Crippen LogP contribution in [0.15, 0.2) is 18.2 Å². The van der Waals surface area contributed by atoms with Gasteiger partial charge in [-0.3, -0.25) is 0 Å². The molecular formula is C7H4ClIO2. The first-order valence-electron chi connectivity index (χ1n) is 2.79. The first kappa shape index (κ1) is 8.80. The quantitative estimate of drug-likeness (QED) is 0.804. The Balaban J connectivity index is 3.19. The van der Waals surface area contributed by atoms with Crippen LogP contribution < -0.4 is 0 Å². The fourth-order valence-corrected chi connectivity index (χ4v) is 1.77. The third kappa shape index (κ3) is 2.34. The SMILES string of the molecule is O=C(O)c1cc(Cl)cc(I)c1. The Hall–Kier alpha value is -0.290. The highest BCUT2D eigenvalue weighted by molar-refractivity contribution is 14.1. The van der Waals surface area contributed by atoms with Gasteiger partial charge in [-0.05, 0) is 40.8 Å². The van der Waals surface area contributed by atoms with Crippen molar-refractivity contribution in [3.8, 4) is 0 Å². The molecule has 0 heterocycles. The molecule has 1 rings (SSSR count). The van der Waals surface area contributed by atoms with Gasteiger partial charge in [0, 0.05) is 8.59 Å². The van der Waals surface area contributed by atoms with Gasteiger partial charge in [0.2, 0.25) is 0 Å². The van der Waals surface area contributed by atoms with Crippen molar-refractivity contribution in [3.05, 3.63) is 32.4 Å². The lowest BCUT2D eigenvalue weighted by Gasteiger charge is -1.96. The zero-order valence-electron chi connectivity index (χ0n) is 5.34. The minimum Gasteiger partial charge on any atom is -0.478 e. The molecule has 0 fully saturated rings. The van der Waals surface area contributed by atoms with E-state index in [1.807, 2.05) is 22.6 Å². The molecule has 0 atom stereocenters. The molecule has 1 aromatic carbocycles. The Morgan fingerprint density at radius 2 is 2.09 bits per heavy atom. The van der Waals surface area contributed by atoms with E-state index in [1.54, 1.807) is 12.1 Å². The van der Waals surface area contributed by atoms with Crippen LogP contribution in [0.2, 0.25) is 5.02 Å². The van der Waals surface area contributed by atoms with Gasteiger partial charge in [0.25, 0.3) is 0 Å². The minimum absolute atomic E-state index is 0.224. The number of hydrogen-bond acceptors (Lipinski definition) is 1. The normalized spacial score (nSPS) is 9.64. The fraction of sp³-hybridized carbons (Fsp3) is 0. The molecule has 0 radical (unpaired) electrons. The number of carboxylic acids is 1. The van der Waals surface area contributed by atoms with Gasteiger partial charge in [-0.1, -0.05) is 11.6 Å². The third-order valence-corrected chi connectivity index (χ3v) is 1.95. The Kier molecular flexibility index (Phi) is 2.72. The monoisotopic (exact) mass is 282 g/mol. The standard InChI is InChI=1S/C7H4ClIO2/c8-5-1-4(7(10)11)2-6(9)3-5/h1-3H,(H,10,11). The van der Waals surface area contributed by atoms with E-state index in [-0.39, 0.29) is 5.56 Å². The summed E-state index contributed by atoms with van der Waals surface area (Å²) >= 11 is 7.64. The van der Waals surface area contributed by atoms with Crippen molar-refractivity contribution in [1.29, 1.82) is 0 Å². The highest BCUT2D eigenvalue weighted by atomic mass is 127. The average Bonchev–Trinajstić information content (AvgIpc) is 1.85. The lowest BCUT2D eigenvalue weighted by atomic mass is 10.2. The molecule has 0 aliphatic heterocycles. The average molecular weight is 282 g/mol. The van der Waals surface area contributed by atoms with Crippen molar-refractivity contribution in [2.45, 2.75) is 0 Å². The maximum Gasteiger partial charge on any atom is 0.335 e. The Morgan fingerprint density at radius 3 is 2.55 bits per heavy atom. The number of carbonyl (C=O) groups is 1. The summed E-state index contributed by atoms with van der Waals surface area (Å²) in [6, 6.07) is 4.69. The van der Waals surface area contributed by atoms with E-state index in [0.717, 1.165) is 3.57 Å². The van der Waals surface area contributed by atoms with E-state index in [0.29, 0.717) is 5.02 Å². The zero-order chi connectivity index (χ0) is 8.43. The molecule has 11 heavy (non-hydrogen) atoms. The summed E-state index contributed by atoms with van der Waals surface area (Å²) in [5, 5.41) is 9.02. The molecular weight excluding hydrogens is 278 g/mol. The summed E-state index contributed by atoms with van der Waals surface area (Å²) in [6.07, 6.45) is 0. The summed E-state index contributed by atoms with van der Waals surface area (Å²) < 4.78 is 0.826. The van der Waals surface area contributed by atoms with Crippen molar-refractivity contribution >= 4 is 40.2 Å². The lowest BCUT2D eigenvalue weighted by molar-refractivity contribution is 0.0697. The molecule has 0 unspecified atom stereocenters. The number of aromatic carboxylic acids is 1. The number of rotatable bonds is 1. The first-order valence-corrected chi connectivity index (χ1v) is 4.24. The molecule has 58 valence electrons. The third-order valence-electron chi connectivity index (χ3n) is 1.11. The Bertz CT molecular complexity index is 278. The second kappa shape index (κ2) is 3.40. The highest BCUT2D eigenvalue weighted by Gasteiger charge is 2.03. The fourth-order valence-electron chi connectivity index (χ4n) is 0.677. The molecule has 1 N–H and O–H groups in total. The van der Waals surface area contributed by atoms with Crippen molar-refractivity contribution in [2.75, 3.05) is 0 Å². The maximum atomic E-state index is 10.4. The topological polar surface area (TPSA) is 37.3 Å². The summed E-state index contributed by atoms with van der Waals surface area (Å²) in [5.74, 6) is -0.953. The van der Waals surface area contributed by atoms with Gasteiger partial charge in [-0.2, -0.15) is 0 Å². The molecule has 0 bridgehead atoms. The number of halogens is 2. The molecule has 0 aliphatic rings. The zero-order valence-corrected chi connectivity index (χ0v) is 8.26. The molecule has 4 heteroatoms. The number of hydrogen-bond donors (Lipinski definition) is 1. The van der Waals surface area contributed by atoms with Crippen molar-refractivity contribution in [2.24, 2.45) is 0 Å². The van der Waals surface area contributed by atoms with E-state index >= 15 is 0 Å². The predicted octanol–water partition coefficient (Wildman–Crippen LogP) is 2.64. The molecule has 0 aromatic heterocycles.